The summed E-state index contributed by atoms with van der Waals surface area (Å²) in [4.78, 5) is 0. The topological polar surface area (TPSA) is 29.9 Å². The smallest absolute Gasteiger partial charge is 0.0596 e. The molecule has 0 amide bonds. The van der Waals surface area contributed by atoms with Crippen LogP contribution in [-0.2, 0) is 6.54 Å². The van der Waals surface area contributed by atoms with E-state index in [-0.39, 0.29) is 6.04 Å². The van der Waals surface area contributed by atoms with E-state index in [2.05, 4.69) is 57.0 Å². The summed E-state index contributed by atoms with van der Waals surface area (Å²) in [6, 6.07) is 8.37. The normalized spacial score (nSPS) is 12.6. The third kappa shape index (κ3) is 4.56. The molecule has 0 aliphatic rings. The van der Waals surface area contributed by atoms with Crippen LogP contribution in [0.4, 0.5) is 0 Å². The Hall–Kier alpha value is -0.840. The standard InChI is InChI=1S/C16H21BrClN3/c1-11-9-12(2)21(20-11)8-4-7-19-13(3)15-6-5-14(17)10-16(15)18/h5-6,9-10,13,19H,4,7-8H2,1-3H3. The Bertz CT molecular complexity index is 610. The molecular weight excluding hydrogens is 350 g/mol. The van der Waals surface area contributed by atoms with Crippen molar-refractivity contribution in [1.29, 1.82) is 0 Å². The van der Waals surface area contributed by atoms with Crippen LogP contribution in [-0.4, -0.2) is 16.3 Å². The van der Waals surface area contributed by atoms with Crippen molar-refractivity contribution in [2.75, 3.05) is 6.54 Å². The van der Waals surface area contributed by atoms with Gasteiger partial charge in [0.2, 0.25) is 0 Å². The molecule has 1 heterocycles. The maximum Gasteiger partial charge on any atom is 0.0596 e. The van der Waals surface area contributed by atoms with E-state index < -0.39 is 0 Å². The minimum Gasteiger partial charge on any atom is -0.310 e. The summed E-state index contributed by atoms with van der Waals surface area (Å²) in [7, 11) is 0. The van der Waals surface area contributed by atoms with Gasteiger partial charge in [-0.1, -0.05) is 33.6 Å². The Kier molecular flexibility index (Phi) is 5.85. The fourth-order valence-corrected chi connectivity index (χ4v) is 3.25. The highest BCUT2D eigenvalue weighted by Crippen LogP contribution is 2.26. The number of aryl methyl sites for hydroxylation is 3. The van der Waals surface area contributed by atoms with Gasteiger partial charge in [-0.3, -0.25) is 4.68 Å². The molecule has 2 aromatic rings. The molecule has 0 saturated heterocycles. The van der Waals surface area contributed by atoms with Crippen LogP contribution in [0.15, 0.2) is 28.7 Å². The Morgan fingerprint density at radius 1 is 1.33 bits per heavy atom. The zero-order valence-corrected chi connectivity index (χ0v) is 15.0. The van der Waals surface area contributed by atoms with Gasteiger partial charge in [0.25, 0.3) is 0 Å². The molecular formula is C16H21BrClN3. The lowest BCUT2D eigenvalue weighted by molar-refractivity contribution is 0.500. The van der Waals surface area contributed by atoms with E-state index in [1.54, 1.807) is 0 Å². The van der Waals surface area contributed by atoms with Gasteiger partial charge in [-0.2, -0.15) is 5.10 Å². The number of hydrogen-bond acceptors (Lipinski definition) is 2. The van der Waals surface area contributed by atoms with Gasteiger partial charge in [0, 0.05) is 27.8 Å². The first kappa shape index (κ1) is 16.5. The first-order valence-corrected chi connectivity index (χ1v) is 8.34. The monoisotopic (exact) mass is 369 g/mol. The van der Waals surface area contributed by atoms with Gasteiger partial charge < -0.3 is 5.32 Å². The van der Waals surface area contributed by atoms with Crippen molar-refractivity contribution in [2.45, 2.75) is 39.8 Å². The second kappa shape index (κ2) is 7.43. The molecule has 0 fully saturated rings. The average Bonchev–Trinajstić information content (AvgIpc) is 2.73. The molecule has 21 heavy (non-hydrogen) atoms. The fraction of sp³-hybridized carbons (Fsp3) is 0.438. The SMILES string of the molecule is Cc1cc(C)n(CCCNC(C)c2ccc(Br)cc2Cl)n1. The van der Waals surface area contributed by atoms with E-state index in [1.165, 1.54) is 5.69 Å². The van der Waals surface area contributed by atoms with Gasteiger partial charge in [-0.15, -0.1) is 0 Å². The van der Waals surface area contributed by atoms with Crippen LogP contribution in [0.5, 0.6) is 0 Å². The van der Waals surface area contributed by atoms with Crippen LogP contribution in [0.3, 0.4) is 0 Å². The quantitative estimate of drug-likeness (QED) is 0.750. The van der Waals surface area contributed by atoms with Crippen molar-refractivity contribution in [1.82, 2.24) is 15.1 Å². The predicted octanol–water partition coefficient (Wildman–Crippen LogP) is 4.66. The summed E-state index contributed by atoms with van der Waals surface area (Å²) in [5.41, 5.74) is 3.43. The Labute approximate surface area is 139 Å². The number of nitrogens with zero attached hydrogens (tertiary/aromatic N) is 2. The van der Waals surface area contributed by atoms with Gasteiger partial charge in [0.1, 0.15) is 0 Å². The molecule has 1 atom stereocenters. The summed E-state index contributed by atoms with van der Waals surface area (Å²) in [5.74, 6) is 0. The number of benzene rings is 1. The van der Waals surface area contributed by atoms with Crippen molar-refractivity contribution < 1.29 is 0 Å². The van der Waals surface area contributed by atoms with Crippen molar-refractivity contribution in [2.24, 2.45) is 0 Å². The Morgan fingerprint density at radius 2 is 2.10 bits per heavy atom. The zero-order valence-electron chi connectivity index (χ0n) is 12.7. The van der Waals surface area contributed by atoms with E-state index in [9.17, 15) is 0 Å². The van der Waals surface area contributed by atoms with Gasteiger partial charge >= 0.3 is 0 Å². The molecule has 0 bridgehead atoms. The number of aromatic nitrogens is 2. The Morgan fingerprint density at radius 3 is 2.71 bits per heavy atom. The highest BCUT2D eigenvalue weighted by atomic mass is 79.9. The first-order chi connectivity index (χ1) is 9.97. The molecule has 0 spiro atoms. The van der Waals surface area contributed by atoms with Crippen molar-refractivity contribution in [3.05, 3.63) is 50.7 Å². The molecule has 5 heteroatoms. The largest absolute Gasteiger partial charge is 0.310 e. The highest BCUT2D eigenvalue weighted by molar-refractivity contribution is 9.10. The first-order valence-electron chi connectivity index (χ1n) is 7.17. The minimum absolute atomic E-state index is 0.242. The summed E-state index contributed by atoms with van der Waals surface area (Å²) in [5, 5.41) is 8.78. The van der Waals surface area contributed by atoms with Crippen LogP contribution in [0.1, 0.15) is 36.3 Å². The predicted molar refractivity (Wildman–Crippen MR) is 91.9 cm³/mol. The lowest BCUT2D eigenvalue weighted by atomic mass is 10.1. The third-order valence-corrected chi connectivity index (χ3v) is 4.35. The molecule has 1 aromatic carbocycles. The Balaban J connectivity index is 1.81. The molecule has 0 aliphatic carbocycles. The second-order valence-electron chi connectivity index (χ2n) is 5.35. The summed E-state index contributed by atoms with van der Waals surface area (Å²) >= 11 is 9.70. The van der Waals surface area contributed by atoms with Crippen LogP contribution in [0.25, 0.3) is 0 Å². The summed E-state index contributed by atoms with van der Waals surface area (Å²) in [6.45, 7) is 8.13. The number of halogens is 2. The van der Waals surface area contributed by atoms with E-state index >= 15 is 0 Å². The minimum atomic E-state index is 0.242. The molecule has 1 N–H and O–H groups in total. The second-order valence-corrected chi connectivity index (χ2v) is 6.67. The molecule has 0 radical (unpaired) electrons. The molecule has 1 aromatic heterocycles. The van der Waals surface area contributed by atoms with Crippen LogP contribution >= 0.6 is 27.5 Å². The number of rotatable bonds is 6. The third-order valence-electron chi connectivity index (χ3n) is 3.53. The maximum atomic E-state index is 6.27. The molecule has 2 rings (SSSR count). The maximum absolute atomic E-state index is 6.27. The molecule has 1 unspecified atom stereocenters. The van der Waals surface area contributed by atoms with Crippen molar-refractivity contribution in [3.8, 4) is 0 Å². The van der Waals surface area contributed by atoms with Gasteiger partial charge in [-0.25, -0.2) is 0 Å². The number of nitrogens with one attached hydrogen (secondary N) is 1. The lowest BCUT2D eigenvalue weighted by Crippen LogP contribution is -2.21. The van der Waals surface area contributed by atoms with Crippen LogP contribution in [0, 0.1) is 13.8 Å². The van der Waals surface area contributed by atoms with Gasteiger partial charge in [0.05, 0.1) is 5.69 Å². The van der Waals surface area contributed by atoms with E-state index in [0.29, 0.717) is 0 Å². The van der Waals surface area contributed by atoms with E-state index in [0.717, 1.165) is 40.3 Å². The highest BCUT2D eigenvalue weighted by Gasteiger charge is 2.09. The molecule has 114 valence electrons. The summed E-state index contributed by atoms with van der Waals surface area (Å²) < 4.78 is 3.07. The molecule has 0 aliphatic heterocycles. The van der Waals surface area contributed by atoms with Gasteiger partial charge in [0.15, 0.2) is 0 Å². The van der Waals surface area contributed by atoms with E-state index in [1.807, 2.05) is 19.1 Å². The summed E-state index contributed by atoms with van der Waals surface area (Å²) in [6.07, 6.45) is 1.04. The van der Waals surface area contributed by atoms with Crippen LogP contribution in [0.2, 0.25) is 5.02 Å². The lowest BCUT2D eigenvalue weighted by Gasteiger charge is -2.16. The van der Waals surface area contributed by atoms with Crippen molar-refractivity contribution in [3.63, 3.8) is 0 Å². The van der Waals surface area contributed by atoms with E-state index in [4.69, 9.17) is 11.6 Å². The fourth-order valence-electron chi connectivity index (χ4n) is 2.41. The zero-order chi connectivity index (χ0) is 15.4. The van der Waals surface area contributed by atoms with Gasteiger partial charge in [-0.05, 0) is 57.5 Å². The number of hydrogen-bond donors (Lipinski definition) is 1. The van der Waals surface area contributed by atoms with Crippen molar-refractivity contribution >= 4 is 27.5 Å². The molecule has 3 nitrogen and oxygen atoms in total. The van der Waals surface area contributed by atoms with Crippen LogP contribution < -0.4 is 5.32 Å². The average molecular weight is 371 g/mol. The molecule has 0 saturated carbocycles.